The van der Waals surface area contributed by atoms with Crippen LogP contribution in [0.2, 0.25) is 0 Å². The molecule has 1 amide bonds. The van der Waals surface area contributed by atoms with E-state index in [1.54, 1.807) is 30.3 Å². The Hall–Kier alpha value is -2.64. The van der Waals surface area contributed by atoms with Gasteiger partial charge in [-0.25, -0.2) is 4.39 Å². The van der Waals surface area contributed by atoms with Gasteiger partial charge in [0.15, 0.2) is 0 Å². The Bertz CT molecular complexity index is 775. The molecule has 0 aromatic heterocycles. The Balaban J connectivity index is 2.17. The zero-order chi connectivity index (χ0) is 17.0. The summed E-state index contributed by atoms with van der Waals surface area (Å²) in [5.41, 5.74) is 3.05. The normalized spacial score (nSPS) is 10.4. The molecular formula is C19H19FN2O. The molecule has 0 aliphatic rings. The second kappa shape index (κ2) is 7.08. The number of nitrogens with zero attached hydrogens (tertiary/aromatic N) is 1. The first-order chi connectivity index (χ1) is 10.9. The van der Waals surface area contributed by atoms with E-state index in [-0.39, 0.29) is 11.7 Å². The molecule has 0 saturated heterocycles. The molecule has 2 rings (SSSR count). The number of rotatable bonds is 4. The fourth-order valence-electron chi connectivity index (χ4n) is 2.22. The summed E-state index contributed by atoms with van der Waals surface area (Å²) in [6, 6.07) is 9.84. The number of benzene rings is 2. The smallest absolute Gasteiger partial charge is 0.255 e. The molecule has 0 radical (unpaired) electrons. The fourth-order valence-corrected chi connectivity index (χ4v) is 2.22. The van der Waals surface area contributed by atoms with E-state index in [2.05, 4.69) is 11.2 Å². The van der Waals surface area contributed by atoms with Gasteiger partial charge in [-0.05, 0) is 50.8 Å². The van der Waals surface area contributed by atoms with Crippen LogP contribution in [0.25, 0.3) is 0 Å². The number of anilines is 1. The highest BCUT2D eigenvalue weighted by atomic mass is 19.1. The highest BCUT2D eigenvalue weighted by molar-refractivity contribution is 6.04. The van der Waals surface area contributed by atoms with Gasteiger partial charge in [0, 0.05) is 28.9 Å². The number of nitrogens with one attached hydrogen (secondary N) is 1. The van der Waals surface area contributed by atoms with E-state index >= 15 is 0 Å². The zero-order valence-corrected chi connectivity index (χ0v) is 13.5. The number of aryl methyl sites for hydroxylation is 1. The van der Waals surface area contributed by atoms with Crippen LogP contribution in [0.3, 0.4) is 0 Å². The molecular weight excluding hydrogens is 291 g/mol. The maximum absolute atomic E-state index is 14.0. The monoisotopic (exact) mass is 310 g/mol. The predicted octanol–water partition coefficient (Wildman–Crippen LogP) is 3.43. The Morgan fingerprint density at radius 3 is 2.61 bits per heavy atom. The van der Waals surface area contributed by atoms with Gasteiger partial charge < -0.3 is 10.2 Å². The Labute approximate surface area is 136 Å². The van der Waals surface area contributed by atoms with E-state index in [4.69, 9.17) is 6.42 Å². The topological polar surface area (TPSA) is 32.3 Å². The number of amides is 1. The summed E-state index contributed by atoms with van der Waals surface area (Å²) >= 11 is 0. The fraction of sp³-hybridized carbons (Fsp3) is 0.211. The first kappa shape index (κ1) is 16.7. The second-order valence-corrected chi connectivity index (χ2v) is 5.67. The van der Waals surface area contributed by atoms with Gasteiger partial charge >= 0.3 is 0 Å². The molecule has 3 nitrogen and oxygen atoms in total. The minimum Gasteiger partial charge on any atom is -0.322 e. The second-order valence-electron chi connectivity index (χ2n) is 5.67. The van der Waals surface area contributed by atoms with Crippen LogP contribution in [-0.4, -0.2) is 24.9 Å². The first-order valence-electron chi connectivity index (χ1n) is 7.22. The van der Waals surface area contributed by atoms with Crippen molar-refractivity contribution in [3.8, 4) is 12.3 Å². The lowest BCUT2D eigenvalue weighted by Gasteiger charge is -2.12. The van der Waals surface area contributed by atoms with Crippen molar-refractivity contribution >= 4 is 11.6 Å². The summed E-state index contributed by atoms with van der Waals surface area (Å²) in [6.07, 6.45) is 5.41. The number of hydrogen-bond acceptors (Lipinski definition) is 2. The van der Waals surface area contributed by atoms with Gasteiger partial charge in [-0.2, -0.15) is 0 Å². The van der Waals surface area contributed by atoms with E-state index < -0.39 is 0 Å². The molecule has 118 valence electrons. The van der Waals surface area contributed by atoms with Crippen molar-refractivity contribution in [2.45, 2.75) is 13.5 Å². The van der Waals surface area contributed by atoms with Crippen LogP contribution < -0.4 is 5.32 Å². The minimum absolute atomic E-state index is 0.318. The highest BCUT2D eigenvalue weighted by Crippen LogP contribution is 2.17. The van der Waals surface area contributed by atoms with Crippen LogP contribution in [0, 0.1) is 25.1 Å². The third-order valence-electron chi connectivity index (χ3n) is 3.45. The third kappa shape index (κ3) is 4.18. The van der Waals surface area contributed by atoms with E-state index in [1.165, 1.54) is 6.07 Å². The van der Waals surface area contributed by atoms with Crippen molar-refractivity contribution in [1.82, 2.24) is 4.90 Å². The Morgan fingerprint density at radius 1 is 1.26 bits per heavy atom. The molecule has 1 N–H and O–H groups in total. The maximum atomic E-state index is 14.0. The standard InChI is InChI=1S/C19H19FN2O/c1-5-14-10-15(7-6-13(14)2)19(23)21-17-9-8-16(12-22(3)4)18(20)11-17/h1,6-11H,12H2,2-4H3,(H,21,23). The molecule has 0 saturated carbocycles. The third-order valence-corrected chi connectivity index (χ3v) is 3.45. The Kier molecular flexibility index (Phi) is 5.15. The van der Waals surface area contributed by atoms with Crippen molar-refractivity contribution in [2.24, 2.45) is 0 Å². The van der Waals surface area contributed by atoms with E-state index in [0.29, 0.717) is 28.9 Å². The van der Waals surface area contributed by atoms with Gasteiger partial charge in [0.2, 0.25) is 0 Å². The lowest BCUT2D eigenvalue weighted by atomic mass is 10.0. The Morgan fingerprint density at radius 2 is 2.00 bits per heavy atom. The van der Waals surface area contributed by atoms with Crippen molar-refractivity contribution < 1.29 is 9.18 Å². The lowest BCUT2D eigenvalue weighted by Crippen LogP contribution is -2.14. The first-order valence-corrected chi connectivity index (χ1v) is 7.22. The number of halogens is 1. The number of carbonyl (C=O) groups is 1. The van der Waals surface area contributed by atoms with Gasteiger partial charge in [0.05, 0.1) is 0 Å². The molecule has 0 bridgehead atoms. The molecule has 0 aliphatic heterocycles. The van der Waals surface area contributed by atoms with Gasteiger partial charge in [-0.1, -0.05) is 18.1 Å². The lowest BCUT2D eigenvalue weighted by molar-refractivity contribution is 0.102. The molecule has 2 aromatic rings. The van der Waals surface area contributed by atoms with E-state index in [0.717, 1.165) is 5.56 Å². The van der Waals surface area contributed by atoms with Crippen molar-refractivity contribution in [3.05, 3.63) is 64.5 Å². The van der Waals surface area contributed by atoms with E-state index in [9.17, 15) is 9.18 Å². The molecule has 4 heteroatoms. The number of terminal acetylenes is 1. The SMILES string of the molecule is C#Cc1cc(C(=O)Nc2ccc(CN(C)C)c(F)c2)ccc1C. The van der Waals surface area contributed by atoms with Crippen LogP contribution in [0.1, 0.15) is 27.0 Å². The zero-order valence-electron chi connectivity index (χ0n) is 13.5. The van der Waals surface area contributed by atoms with Gasteiger partial charge in [0.25, 0.3) is 5.91 Å². The molecule has 0 heterocycles. The van der Waals surface area contributed by atoms with Crippen LogP contribution in [0.15, 0.2) is 36.4 Å². The number of hydrogen-bond donors (Lipinski definition) is 1. The average Bonchev–Trinajstić information content (AvgIpc) is 2.50. The average molecular weight is 310 g/mol. The minimum atomic E-state index is -0.343. The van der Waals surface area contributed by atoms with Crippen LogP contribution in [-0.2, 0) is 6.54 Å². The molecule has 0 spiro atoms. The summed E-state index contributed by atoms with van der Waals surface area (Å²) in [6.45, 7) is 2.39. The predicted molar refractivity (Wildman–Crippen MR) is 90.9 cm³/mol. The molecule has 0 unspecified atom stereocenters. The van der Waals surface area contributed by atoms with Gasteiger partial charge in [-0.15, -0.1) is 6.42 Å². The van der Waals surface area contributed by atoms with E-state index in [1.807, 2.05) is 25.9 Å². The number of carbonyl (C=O) groups excluding carboxylic acids is 1. The molecule has 0 aliphatic carbocycles. The highest BCUT2D eigenvalue weighted by Gasteiger charge is 2.10. The molecule has 2 aromatic carbocycles. The maximum Gasteiger partial charge on any atom is 0.255 e. The van der Waals surface area contributed by atoms with Crippen molar-refractivity contribution in [1.29, 1.82) is 0 Å². The summed E-state index contributed by atoms with van der Waals surface area (Å²) < 4.78 is 14.0. The summed E-state index contributed by atoms with van der Waals surface area (Å²) in [5, 5.41) is 2.69. The largest absolute Gasteiger partial charge is 0.322 e. The summed E-state index contributed by atoms with van der Waals surface area (Å²) in [4.78, 5) is 14.1. The van der Waals surface area contributed by atoms with Gasteiger partial charge in [-0.3, -0.25) is 4.79 Å². The van der Waals surface area contributed by atoms with Crippen LogP contribution in [0.4, 0.5) is 10.1 Å². The van der Waals surface area contributed by atoms with Crippen LogP contribution in [0.5, 0.6) is 0 Å². The van der Waals surface area contributed by atoms with Crippen molar-refractivity contribution in [2.75, 3.05) is 19.4 Å². The molecule has 23 heavy (non-hydrogen) atoms. The quantitative estimate of drug-likeness (QED) is 0.878. The van der Waals surface area contributed by atoms with Crippen LogP contribution >= 0.6 is 0 Å². The summed E-state index contributed by atoms with van der Waals surface area (Å²) in [7, 11) is 3.74. The summed E-state index contributed by atoms with van der Waals surface area (Å²) in [5.74, 6) is 1.88. The molecule has 0 atom stereocenters. The van der Waals surface area contributed by atoms with Crippen molar-refractivity contribution in [3.63, 3.8) is 0 Å². The molecule has 0 fully saturated rings. The van der Waals surface area contributed by atoms with Gasteiger partial charge in [0.1, 0.15) is 5.82 Å².